The fourth-order valence-corrected chi connectivity index (χ4v) is 11.2. The van der Waals surface area contributed by atoms with Crippen molar-refractivity contribution in [1.82, 2.24) is 19.9 Å². The summed E-state index contributed by atoms with van der Waals surface area (Å²) in [7, 11) is 0. The third-order valence-corrected chi connectivity index (χ3v) is 15.2. The SMILES string of the molecule is Cc1cc(-c2sc(-c3nc(Nc4ccccc4)c4nc(-c5cc(C)c(-c6cc(C)c(Br)s6)s5)nc(Nc5ccccc5)c4n3)cc2C)sc1Br. The highest BCUT2D eigenvalue weighted by Crippen LogP contribution is 2.45. The summed E-state index contributed by atoms with van der Waals surface area (Å²) in [6, 6.07) is 29.0. The quantitative estimate of drug-likeness (QED) is 0.159. The van der Waals surface area contributed by atoms with E-state index in [2.05, 4.69) is 94.5 Å². The number of anilines is 4. The van der Waals surface area contributed by atoms with Crippen molar-refractivity contribution in [3.8, 4) is 40.9 Å². The van der Waals surface area contributed by atoms with Gasteiger partial charge in [0.2, 0.25) is 0 Å². The number of halogens is 2. The molecule has 12 heteroatoms. The molecule has 6 heterocycles. The number of rotatable bonds is 8. The van der Waals surface area contributed by atoms with Crippen LogP contribution >= 0.6 is 77.2 Å². The Bertz CT molecular complexity index is 2300. The second kappa shape index (κ2) is 13.7. The van der Waals surface area contributed by atoms with Gasteiger partial charge < -0.3 is 10.6 Å². The number of fused-ring (bicyclic) bond motifs is 1. The van der Waals surface area contributed by atoms with E-state index < -0.39 is 0 Å². The zero-order chi connectivity index (χ0) is 34.5. The van der Waals surface area contributed by atoms with Crippen LogP contribution < -0.4 is 10.6 Å². The van der Waals surface area contributed by atoms with Gasteiger partial charge in [0.05, 0.1) is 17.3 Å². The zero-order valence-corrected chi connectivity index (χ0v) is 33.7. The van der Waals surface area contributed by atoms with E-state index in [0.29, 0.717) is 34.3 Å². The first-order chi connectivity index (χ1) is 24.2. The Morgan fingerprint density at radius 3 is 1.20 bits per heavy atom. The van der Waals surface area contributed by atoms with E-state index in [1.807, 2.05) is 60.7 Å². The average molecular weight is 857 g/mol. The normalized spacial score (nSPS) is 11.4. The minimum absolute atomic E-state index is 0.614. The number of thiophene rings is 4. The highest BCUT2D eigenvalue weighted by Gasteiger charge is 2.22. The summed E-state index contributed by atoms with van der Waals surface area (Å²) in [6.45, 7) is 8.54. The van der Waals surface area contributed by atoms with Gasteiger partial charge in [-0.15, -0.1) is 45.3 Å². The topological polar surface area (TPSA) is 75.6 Å². The first-order valence-electron chi connectivity index (χ1n) is 15.7. The van der Waals surface area contributed by atoms with Crippen LogP contribution in [0.3, 0.4) is 0 Å². The molecule has 0 aliphatic carbocycles. The Morgan fingerprint density at radius 2 is 0.840 bits per heavy atom. The first-order valence-corrected chi connectivity index (χ1v) is 20.5. The molecule has 0 amide bonds. The van der Waals surface area contributed by atoms with Gasteiger partial charge in [-0.05, 0) is 130 Å². The molecule has 2 N–H and O–H groups in total. The second-order valence-electron chi connectivity index (χ2n) is 11.9. The molecule has 0 saturated carbocycles. The summed E-state index contributed by atoms with van der Waals surface area (Å²) in [5.41, 5.74) is 7.91. The fourth-order valence-electron chi connectivity index (χ4n) is 5.54. The number of para-hydroxylation sites is 2. The lowest BCUT2D eigenvalue weighted by Gasteiger charge is -2.14. The lowest BCUT2D eigenvalue weighted by atomic mass is 10.2. The number of nitrogens with zero attached hydrogens (tertiary/aromatic N) is 4. The summed E-state index contributed by atoms with van der Waals surface area (Å²) >= 11 is 14.3. The van der Waals surface area contributed by atoms with E-state index in [1.165, 1.54) is 41.8 Å². The Morgan fingerprint density at radius 1 is 0.460 bits per heavy atom. The molecule has 6 nitrogen and oxygen atoms in total. The number of hydrogen-bond donors (Lipinski definition) is 2. The van der Waals surface area contributed by atoms with Crippen LogP contribution in [0, 0.1) is 27.7 Å². The van der Waals surface area contributed by atoms with Gasteiger partial charge in [0, 0.05) is 30.9 Å². The predicted molar refractivity (Wildman–Crippen MR) is 222 cm³/mol. The van der Waals surface area contributed by atoms with Crippen LogP contribution in [0.4, 0.5) is 23.0 Å². The van der Waals surface area contributed by atoms with Crippen molar-refractivity contribution >= 4 is 111 Å². The molecule has 0 radical (unpaired) electrons. The summed E-state index contributed by atoms with van der Waals surface area (Å²) in [5.74, 6) is 2.46. The zero-order valence-electron chi connectivity index (χ0n) is 27.3. The smallest absolute Gasteiger partial charge is 0.172 e. The van der Waals surface area contributed by atoms with Gasteiger partial charge in [-0.25, -0.2) is 19.9 Å². The molecule has 8 rings (SSSR count). The van der Waals surface area contributed by atoms with Crippen molar-refractivity contribution < 1.29 is 0 Å². The molecule has 0 aliphatic rings. The van der Waals surface area contributed by atoms with Gasteiger partial charge in [-0.2, -0.15) is 0 Å². The van der Waals surface area contributed by atoms with Crippen molar-refractivity contribution in [2.45, 2.75) is 27.7 Å². The molecular weight excluding hydrogens is 829 g/mol. The van der Waals surface area contributed by atoms with Crippen molar-refractivity contribution in [1.29, 1.82) is 0 Å². The Balaban J connectivity index is 1.33. The Hall–Kier alpha value is -3.78. The summed E-state index contributed by atoms with van der Waals surface area (Å²) in [4.78, 5) is 27.6. The molecule has 0 atom stereocenters. The van der Waals surface area contributed by atoms with Gasteiger partial charge in [-0.1, -0.05) is 36.4 Å². The fraction of sp³-hybridized carbons (Fsp3) is 0.105. The molecule has 0 spiro atoms. The molecule has 0 bridgehead atoms. The maximum atomic E-state index is 5.20. The van der Waals surface area contributed by atoms with E-state index >= 15 is 0 Å². The summed E-state index contributed by atoms with van der Waals surface area (Å²) < 4.78 is 2.29. The van der Waals surface area contributed by atoms with Gasteiger partial charge in [-0.3, -0.25) is 0 Å². The average Bonchev–Trinajstić information content (AvgIpc) is 3.87. The van der Waals surface area contributed by atoms with Crippen LogP contribution in [0.5, 0.6) is 0 Å². The van der Waals surface area contributed by atoms with E-state index in [1.54, 1.807) is 45.3 Å². The van der Waals surface area contributed by atoms with Gasteiger partial charge in [0.15, 0.2) is 23.3 Å². The molecule has 0 fully saturated rings. The van der Waals surface area contributed by atoms with E-state index in [-0.39, 0.29) is 0 Å². The van der Waals surface area contributed by atoms with Crippen LogP contribution in [0.1, 0.15) is 22.3 Å². The van der Waals surface area contributed by atoms with Crippen LogP contribution in [0.2, 0.25) is 0 Å². The molecular formula is C38H28Br2N6S4. The summed E-state index contributed by atoms with van der Waals surface area (Å²) in [6.07, 6.45) is 0. The summed E-state index contributed by atoms with van der Waals surface area (Å²) in [5, 5.41) is 7.15. The van der Waals surface area contributed by atoms with Crippen molar-refractivity contribution in [2.75, 3.05) is 10.6 Å². The minimum Gasteiger partial charge on any atom is -0.338 e. The molecule has 6 aromatic heterocycles. The lowest BCUT2D eigenvalue weighted by Crippen LogP contribution is -2.05. The van der Waals surface area contributed by atoms with Gasteiger partial charge in [0.25, 0.3) is 0 Å². The van der Waals surface area contributed by atoms with E-state index in [9.17, 15) is 0 Å². The second-order valence-corrected chi connectivity index (χ2v) is 18.7. The first kappa shape index (κ1) is 33.4. The number of aromatic nitrogens is 4. The van der Waals surface area contributed by atoms with Crippen LogP contribution in [0.15, 0.2) is 92.5 Å². The van der Waals surface area contributed by atoms with Crippen molar-refractivity contribution in [3.63, 3.8) is 0 Å². The maximum Gasteiger partial charge on any atom is 0.172 e. The molecule has 0 saturated heterocycles. The number of nitrogens with one attached hydrogen (secondary N) is 2. The van der Waals surface area contributed by atoms with Gasteiger partial charge >= 0.3 is 0 Å². The molecule has 50 heavy (non-hydrogen) atoms. The largest absolute Gasteiger partial charge is 0.338 e. The Kier molecular flexibility index (Phi) is 9.17. The van der Waals surface area contributed by atoms with E-state index in [0.717, 1.165) is 28.7 Å². The molecule has 2 aromatic carbocycles. The molecule has 248 valence electrons. The third kappa shape index (κ3) is 6.56. The highest BCUT2D eigenvalue weighted by atomic mass is 79.9. The minimum atomic E-state index is 0.614. The highest BCUT2D eigenvalue weighted by molar-refractivity contribution is 9.11. The monoisotopic (exact) mass is 854 g/mol. The number of aryl methyl sites for hydroxylation is 4. The molecule has 8 aromatic rings. The van der Waals surface area contributed by atoms with Crippen LogP contribution in [0.25, 0.3) is 51.9 Å². The standard InChI is InChI=1S/C38H28Br2N6S4/c1-19-15-27(47-31(19)25-17-21(3)33(39)49-25)35-43-29-30(37(45-35)41-23-11-7-5-8-12-23)44-36(46-38(29)42-24-13-9-6-10-14-24)28-16-20(2)32(48-28)26-18-22(4)34(40)50-26/h5-18H,1-4H3,(H,41,43,45)(H,42,44,46). The van der Waals surface area contributed by atoms with Crippen molar-refractivity contribution in [2.24, 2.45) is 0 Å². The predicted octanol–water partition coefficient (Wildman–Crippen LogP) is 13.6. The maximum absolute atomic E-state index is 5.20. The van der Waals surface area contributed by atoms with Crippen LogP contribution in [-0.2, 0) is 0 Å². The molecule has 0 aliphatic heterocycles. The van der Waals surface area contributed by atoms with Crippen LogP contribution in [-0.4, -0.2) is 19.9 Å². The van der Waals surface area contributed by atoms with E-state index in [4.69, 9.17) is 19.9 Å². The van der Waals surface area contributed by atoms with Gasteiger partial charge in [0.1, 0.15) is 11.0 Å². The van der Waals surface area contributed by atoms with Crippen molar-refractivity contribution in [3.05, 3.63) is 115 Å². The Labute approximate surface area is 322 Å². The lowest BCUT2D eigenvalue weighted by molar-refractivity contribution is 1.16. The number of hydrogen-bond acceptors (Lipinski definition) is 10. The third-order valence-electron chi connectivity index (χ3n) is 8.06. The number of benzene rings is 2. The molecule has 0 unspecified atom stereocenters.